The van der Waals surface area contributed by atoms with Crippen molar-refractivity contribution in [3.63, 3.8) is 0 Å². The molecule has 0 aliphatic heterocycles. The Hall–Kier alpha value is -0.850. The molecule has 0 saturated carbocycles. The predicted octanol–water partition coefficient (Wildman–Crippen LogP) is 2.46. The Labute approximate surface area is 129 Å². The standard InChI is InChI=1S/C15H29N3O2S/c1-5-18-11-15(9-14(18)10-16)21(19,20)17-13(4)8-6-7-12(2)3/h9,11-13,17H,5-8,10,16H2,1-4H3. The molecule has 0 fully saturated rings. The molecule has 1 rings (SSSR count). The van der Waals surface area contributed by atoms with Crippen molar-refractivity contribution < 1.29 is 8.42 Å². The summed E-state index contributed by atoms with van der Waals surface area (Å²) >= 11 is 0. The first-order chi connectivity index (χ1) is 9.80. The van der Waals surface area contributed by atoms with Crippen LogP contribution in [0.1, 0.15) is 52.7 Å². The quantitative estimate of drug-likeness (QED) is 0.735. The fourth-order valence-corrected chi connectivity index (χ4v) is 3.70. The van der Waals surface area contributed by atoms with Gasteiger partial charge in [-0.15, -0.1) is 0 Å². The van der Waals surface area contributed by atoms with E-state index in [-0.39, 0.29) is 6.04 Å². The number of hydrogen-bond acceptors (Lipinski definition) is 3. The first-order valence-corrected chi connectivity index (χ1v) is 9.19. The van der Waals surface area contributed by atoms with Crippen LogP contribution in [-0.4, -0.2) is 19.0 Å². The average molecular weight is 315 g/mol. The second-order valence-corrected chi connectivity index (χ2v) is 7.72. The van der Waals surface area contributed by atoms with Crippen LogP contribution >= 0.6 is 0 Å². The zero-order valence-corrected chi connectivity index (χ0v) is 14.4. The van der Waals surface area contributed by atoms with E-state index in [1.54, 1.807) is 12.3 Å². The van der Waals surface area contributed by atoms with Crippen LogP contribution in [0.25, 0.3) is 0 Å². The predicted molar refractivity (Wildman–Crippen MR) is 86.5 cm³/mol. The maximum absolute atomic E-state index is 12.4. The summed E-state index contributed by atoms with van der Waals surface area (Å²) < 4.78 is 29.4. The molecule has 1 aromatic rings. The molecule has 1 aromatic heterocycles. The molecule has 21 heavy (non-hydrogen) atoms. The first kappa shape index (κ1) is 18.2. The Bertz CT molecular complexity index is 514. The van der Waals surface area contributed by atoms with Gasteiger partial charge in [-0.25, -0.2) is 13.1 Å². The Kier molecular flexibility index (Phi) is 6.90. The van der Waals surface area contributed by atoms with Crippen molar-refractivity contribution in [3.8, 4) is 0 Å². The Balaban J connectivity index is 2.70. The third kappa shape index (κ3) is 5.45. The van der Waals surface area contributed by atoms with E-state index in [2.05, 4.69) is 18.6 Å². The SMILES string of the molecule is CCn1cc(S(=O)(=O)NC(C)CCCC(C)C)cc1CN. The van der Waals surface area contributed by atoms with Crippen LogP contribution in [-0.2, 0) is 23.1 Å². The van der Waals surface area contributed by atoms with Crippen molar-refractivity contribution >= 4 is 10.0 Å². The molecule has 5 nitrogen and oxygen atoms in total. The normalized spacial score (nSPS) is 13.8. The lowest BCUT2D eigenvalue weighted by Gasteiger charge is -2.14. The molecule has 1 unspecified atom stereocenters. The number of nitrogens with zero attached hydrogens (tertiary/aromatic N) is 1. The van der Waals surface area contributed by atoms with E-state index >= 15 is 0 Å². The molecular weight excluding hydrogens is 286 g/mol. The van der Waals surface area contributed by atoms with Gasteiger partial charge in [0.1, 0.15) is 0 Å². The van der Waals surface area contributed by atoms with Gasteiger partial charge in [0.25, 0.3) is 0 Å². The minimum absolute atomic E-state index is 0.0555. The molecule has 0 spiro atoms. The molecule has 6 heteroatoms. The number of sulfonamides is 1. The van der Waals surface area contributed by atoms with Crippen LogP contribution in [0.5, 0.6) is 0 Å². The number of aryl methyl sites for hydroxylation is 1. The Morgan fingerprint density at radius 1 is 1.29 bits per heavy atom. The summed E-state index contributed by atoms with van der Waals surface area (Å²) in [6, 6.07) is 1.60. The van der Waals surface area contributed by atoms with Crippen LogP contribution in [0.4, 0.5) is 0 Å². The largest absolute Gasteiger partial charge is 0.349 e. The van der Waals surface area contributed by atoms with Crippen molar-refractivity contribution in [3.05, 3.63) is 18.0 Å². The van der Waals surface area contributed by atoms with Crippen LogP contribution < -0.4 is 10.5 Å². The van der Waals surface area contributed by atoms with Crippen molar-refractivity contribution in [1.29, 1.82) is 0 Å². The van der Waals surface area contributed by atoms with E-state index in [9.17, 15) is 8.42 Å². The monoisotopic (exact) mass is 315 g/mol. The van der Waals surface area contributed by atoms with Gasteiger partial charge in [-0.2, -0.15) is 0 Å². The van der Waals surface area contributed by atoms with Gasteiger partial charge in [-0.3, -0.25) is 0 Å². The molecule has 1 atom stereocenters. The van der Waals surface area contributed by atoms with Gasteiger partial charge in [0.2, 0.25) is 10.0 Å². The van der Waals surface area contributed by atoms with Gasteiger partial charge in [0.15, 0.2) is 0 Å². The van der Waals surface area contributed by atoms with Crippen molar-refractivity contribution in [2.45, 2.75) is 71.0 Å². The third-order valence-electron chi connectivity index (χ3n) is 3.60. The molecule has 0 bridgehead atoms. The molecule has 0 aliphatic rings. The summed E-state index contributed by atoms with van der Waals surface area (Å²) in [5.41, 5.74) is 6.48. The minimum Gasteiger partial charge on any atom is -0.349 e. The molecule has 122 valence electrons. The molecule has 0 aliphatic carbocycles. The van der Waals surface area contributed by atoms with Crippen molar-refractivity contribution in [1.82, 2.24) is 9.29 Å². The number of nitrogens with two attached hydrogens (primary N) is 1. The van der Waals surface area contributed by atoms with Gasteiger partial charge >= 0.3 is 0 Å². The summed E-state index contributed by atoms with van der Waals surface area (Å²) in [6.45, 7) is 9.29. The third-order valence-corrected chi connectivity index (χ3v) is 5.15. The number of nitrogens with one attached hydrogen (secondary N) is 1. The first-order valence-electron chi connectivity index (χ1n) is 7.71. The van der Waals surface area contributed by atoms with E-state index in [1.807, 2.05) is 18.4 Å². The molecule has 0 aromatic carbocycles. The summed E-state index contributed by atoms with van der Waals surface area (Å²) in [5, 5.41) is 0. The van der Waals surface area contributed by atoms with Crippen LogP contribution in [0, 0.1) is 5.92 Å². The summed E-state index contributed by atoms with van der Waals surface area (Å²) in [4.78, 5) is 0.306. The van der Waals surface area contributed by atoms with Crippen LogP contribution in [0.3, 0.4) is 0 Å². The summed E-state index contributed by atoms with van der Waals surface area (Å²) in [7, 11) is -3.46. The topological polar surface area (TPSA) is 77.1 Å². The second-order valence-electron chi connectivity index (χ2n) is 6.00. The maximum atomic E-state index is 12.4. The Morgan fingerprint density at radius 2 is 1.95 bits per heavy atom. The van der Waals surface area contributed by atoms with Gasteiger partial charge in [-0.1, -0.05) is 26.7 Å². The number of rotatable bonds is 9. The molecular formula is C15H29N3O2S. The molecule has 0 saturated heterocycles. The van der Waals surface area contributed by atoms with E-state index in [0.29, 0.717) is 23.9 Å². The highest BCUT2D eigenvalue weighted by atomic mass is 32.2. The molecule has 3 N–H and O–H groups in total. The average Bonchev–Trinajstić information content (AvgIpc) is 2.81. The smallest absolute Gasteiger partial charge is 0.242 e. The van der Waals surface area contributed by atoms with Gasteiger partial charge in [0, 0.05) is 31.0 Å². The molecule has 0 radical (unpaired) electrons. The van der Waals surface area contributed by atoms with E-state index in [1.165, 1.54) is 0 Å². The Morgan fingerprint density at radius 3 is 2.43 bits per heavy atom. The van der Waals surface area contributed by atoms with Gasteiger partial charge in [-0.05, 0) is 32.3 Å². The molecule has 1 heterocycles. The summed E-state index contributed by atoms with van der Waals surface area (Å²) in [6.07, 6.45) is 4.67. The zero-order valence-electron chi connectivity index (χ0n) is 13.6. The number of hydrogen-bond donors (Lipinski definition) is 2. The van der Waals surface area contributed by atoms with Crippen molar-refractivity contribution in [2.75, 3.05) is 0 Å². The van der Waals surface area contributed by atoms with Gasteiger partial charge in [0.05, 0.1) is 4.90 Å². The lowest BCUT2D eigenvalue weighted by atomic mass is 10.0. The zero-order chi connectivity index (χ0) is 16.0. The van der Waals surface area contributed by atoms with Crippen LogP contribution in [0.2, 0.25) is 0 Å². The van der Waals surface area contributed by atoms with Gasteiger partial charge < -0.3 is 10.3 Å². The lowest BCUT2D eigenvalue weighted by Crippen LogP contribution is -2.32. The minimum atomic E-state index is -3.46. The summed E-state index contributed by atoms with van der Waals surface area (Å²) in [5.74, 6) is 0.652. The van der Waals surface area contributed by atoms with Crippen LogP contribution in [0.15, 0.2) is 17.2 Å². The highest BCUT2D eigenvalue weighted by molar-refractivity contribution is 7.89. The fourth-order valence-electron chi connectivity index (χ4n) is 2.36. The van der Waals surface area contributed by atoms with Crippen molar-refractivity contribution in [2.24, 2.45) is 11.7 Å². The van der Waals surface area contributed by atoms with E-state index < -0.39 is 10.0 Å². The lowest BCUT2D eigenvalue weighted by molar-refractivity contribution is 0.488. The van der Waals surface area contributed by atoms with E-state index in [0.717, 1.165) is 25.0 Å². The highest BCUT2D eigenvalue weighted by Gasteiger charge is 2.20. The second kappa shape index (κ2) is 7.96. The number of aromatic nitrogens is 1. The highest BCUT2D eigenvalue weighted by Crippen LogP contribution is 2.16. The maximum Gasteiger partial charge on any atom is 0.242 e. The van der Waals surface area contributed by atoms with E-state index in [4.69, 9.17) is 5.73 Å². The fraction of sp³-hybridized carbons (Fsp3) is 0.733. The molecule has 0 amide bonds.